The number of aryl methyl sites for hydroxylation is 1. The van der Waals surface area contributed by atoms with E-state index < -0.39 is 5.56 Å². The minimum atomic E-state index is -0.829. The van der Waals surface area contributed by atoms with Gasteiger partial charge in [0.25, 0.3) is 6.47 Å². The first kappa shape index (κ1) is 8.93. The molecule has 0 aromatic carbocycles. The van der Waals surface area contributed by atoms with Gasteiger partial charge in [0, 0.05) is 5.69 Å². The van der Waals surface area contributed by atoms with Gasteiger partial charge in [-0.2, -0.15) is 0 Å². The predicted octanol–water partition coefficient (Wildman–Crippen LogP) is 1.20. The maximum atomic E-state index is 9.92. The molecule has 0 spiro atoms. The molecular formula is C7H7ClN2O2. The van der Waals surface area contributed by atoms with Crippen molar-refractivity contribution in [2.45, 2.75) is 12.5 Å². The fourth-order valence-corrected chi connectivity index (χ4v) is 0.879. The zero-order valence-electron chi connectivity index (χ0n) is 6.40. The number of aromatic nitrogens is 2. The molecule has 0 fully saturated rings. The van der Waals surface area contributed by atoms with E-state index in [1.54, 1.807) is 13.0 Å². The Morgan fingerprint density at radius 2 is 2.42 bits per heavy atom. The monoisotopic (exact) mass is 186 g/mol. The molecule has 1 unspecified atom stereocenters. The van der Waals surface area contributed by atoms with Gasteiger partial charge in [0.2, 0.25) is 5.56 Å². The third kappa shape index (κ3) is 2.17. The Hall–Kier alpha value is -1.16. The van der Waals surface area contributed by atoms with Crippen molar-refractivity contribution >= 4 is 18.1 Å². The number of hydrogen-bond donors (Lipinski definition) is 0. The van der Waals surface area contributed by atoms with Gasteiger partial charge in [-0.25, -0.2) is 9.97 Å². The van der Waals surface area contributed by atoms with Crippen LogP contribution in [0.15, 0.2) is 12.4 Å². The lowest BCUT2D eigenvalue weighted by Crippen LogP contribution is -1.99. The SMILES string of the molecule is Cc1cc(C(Cl)OC=O)ncn1. The fourth-order valence-electron chi connectivity index (χ4n) is 0.718. The van der Waals surface area contributed by atoms with Crippen LogP contribution in [0.4, 0.5) is 0 Å². The highest BCUT2D eigenvalue weighted by Gasteiger charge is 2.08. The second-order valence-electron chi connectivity index (χ2n) is 2.13. The second kappa shape index (κ2) is 4.01. The van der Waals surface area contributed by atoms with E-state index >= 15 is 0 Å². The molecule has 0 saturated carbocycles. The summed E-state index contributed by atoms with van der Waals surface area (Å²) in [5.41, 5.74) is 0.431. The number of ether oxygens (including phenoxy) is 1. The summed E-state index contributed by atoms with van der Waals surface area (Å²) < 4.78 is 4.48. The Labute approximate surface area is 74.5 Å². The third-order valence-electron chi connectivity index (χ3n) is 1.23. The van der Waals surface area contributed by atoms with Crippen LogP contribution in [0, 0.1) is 6.92 Å². The number of halogens is 1. The average molecular weight is 187 g/mol. The van der Waals surface area contributed by atoms with Gasteiger partial charge >= 0.3 is 0 Å². The minimum absolute atomic E-state index is 0.287. The zero-order chi connectivity index (χ0) is 8.97. The first-order chi connectivity index (χ1) is 5.74. The molecule has 0 aliphatic heterocycles. The maximum Gasteiger partial charge on any atom is 0.294 e. The van der Waals surface area contributed by atoms with Crippen LogP contribution in [-0.2, 0) is 9.53 Å². The van der Waals surface area contributed by atoms with Gasteiger partial charge in [-0.05, 0) is 13.0 Å². The highest BCUT2D eigenvalue weighted by molar-refractivity contribution is 6.20. The first-order valence-electron chi connectivity index (χ1n) is 3.25. The van der Waals surface area contributed by atoms with Crippen molar-refractivity contribution in [3.63, 3.8) is 0 Å². The molecule has 0 bridgehead atoms. The summed E-state index contributed by atoms with van der Waals surface area (Å²) in [4.78, 5) is 17.6. The lowest BCUT2D eigenvalue weighted by atomic mass is 10.3. The number of nitrogens with zero attached hydrogens (tertiary/aromatic N) is 2. The highest BCUT2D eigenvalue weighted by atomic mass is 35.5. The largest absolute Gasteiger partial charge is 0.442 e. The molecule has 0 radical (unpaired) electrons. The van der Waals surface area contributed by atoms with Crippen LogP contribution in [0.5, 0.6) is 0 Å². The summed E-state index contributed by atoms with van der Waals surface area (Å²) in [5.74, 6) is 0. The van der Waals surface area contributed by atoms with E-state index in [0.29, 0.717) is 5.69 Å². The van der Waals surface area contributed by atoms with Crippen LogP contribution in [0.3, 0.4) is 0 Å². The van der Waals surface area contributed by atoms with E-state index in [1.165, 1.54) is 6.33 Å². The van der Waals surface area contributed by atoms with Crippen LogP contribution < -0.4 is 0 Å². The topological polar surface area (TPSA) is 52.1 Å². The Kier molecular flexibility index (Phi) is 2.99. The van der Waals surface area contributed by atoms with Crippen LogP contribution in [0.2, 0.25) is 0 Å². The number of carbonyl (C=O) groups excluding carboxylic acids is 1. The number of hydrogen-bond acceptors (Lipinski definition) is 4. The van der Waals surface area contributed by atoms with Crippen molar-refractivity contribution in [1.82, 2.24) is 9.97 Å². The van der Waals surface area contributed by atoms with Gasteiger partial charge < -0.3 is 4.74 Å². The van der Waals surface area contributed by atoms with Crippen molar-refractivity contribution in [3.05, 3.63) is 23.8 Å². The zero-order valence-corrected chi connectivity index (χ0v) is 7.15. The molecule has 1 aromatic rings. The number of carbonyl (C=O) groups is 1. The molecule has 4 nitrogen and oxygen atoms in total. The summed E-state index contributed by atoms with van der Waals surface area (Å²) in [6.07, 6.45) is 1.37. The van der Waals surface area contributed by atoms with Gasteiger partial charge in [0.1, 0.15) is 6.33 Å². The lowest BCUT2D eigenvalue weighted by Gasteiger charge is -2.05. The van der Waals surface area contributed by atoms with Crippen molar-refractivity contribution in [1.29, 1.82) is 0 Å². The van der Waals surface area contributed by atoms with E-state index in [9.17, 15) is 4.79 Å². The van der Waals surface area contributed by atoms with Gasteiger partial charge in [-0.15, -0.1) is 0 Å². The molecule has 0 aliphatic rings. The maximum absolute atomic E-state index is 9.92. The molecule has 64 valence electrons. The molecule has 1 rings (SSSR count). The average Bonchev–Trinajstić information content (AvgIpc) is 2.05. The third-order valence-corrected chi connectivity index (χ3v) is 1.56. The van der Waals surface area contributed by atoms with Crippen LogP contribution in [0.25, 0.3) is 0 Å². The van der Waals surface area contributed by atoms with Crippen molar-refractivity contribution in [3.8, 4) is 0 Å². The standard InChI is InChI=1S/C7H7ClN2O2/c1-5-2-6(10-3-9-5)7(8)12-4-11/h2-4,7H,1H3. The molecule has 1 aromatic heterocycles. The van der Waals surface area contributed by atoms with E-state index in [0.717, 1.165) is 5.69 Å². The Morgan fingerprint density at radius 3 is 3.00 bits per heavy atom. The van der Waals surface area contributed by atoms with E-state index in [4.69, 9.17) is 11.6 Å². The Morgan fingerprint density at radius 1 is 1.67 bits per heavy atom. The second-order valence-corrected chi connectivity index (χ2v) is 2.53. The van der Waals surface area contributed by atoms with Gasteiger partial charge in [-0.3, -0.25) is 4.79 Å². The van der Waals surface area contributed by atoms with Crippen LogP contribution in [0.1, 0.15) is 17.0 Å². The van der Waals surface area contributed by atoms with Crippen molar-refractivity contribution < 1.29 is 9.53 Å². The summed E-state index contributed by atoms with van der Waals surface area (Å²) in [7, 11) is 0. The van der Waals surface area contributed by atoms with Crippen LogP contribution in [-0.4, -0.2) is 16.4 Å². The molecule has 5 heteroatoms. The summed E-state index contributed by atoms with van der Waals surface area (Å²) in [6.45, 7) is 2.09. The number of rotatable bonds is 3. The summed E-state index contributed by atoms with van der Waals surface area (Å²) in [6, 6.07) is 1.65. The van der Waals surface area contributed by atoms with E-state index in [2.05, 4.69) is 14.7 Å². The summed E-state index contributed by atoms with van der Waals surface area (Å²) >= 11 is 5.63. The molecule has 12 heavy (non-hydrogen) atoms. The van der Waals surface area contributed by atoms with Crippen molar-refractivity contribution in [2.24, 2.45) is 0 Å². The van der Waals surface area contributed by atoms with Gasteiger partial charge in [-0.1, -0.05) is 11.6 Å². The van der Waals surface area contributed by atoms with Crippen molar-refractivity contribution in [2.75, 3.05) is 0 Å². The van der Waals surface area contributed by atoms with E-state index in [-0.39, 0.29) is 6.47 Å². The molecule has 0 amide bonds. The first-order valence-corrected chi connectivity index (χ1v) is 3.69. The lowest BCUT2D eigenvalue weighted by molar-refractivity contribution is -0.130. The molecule has 1 atom stereocenters. The smallest absolute Gasteiger partial charge is 0.294 e. The summed E-state index contributed by atoms with van der Waals surface area (Å²) in [5, 5.41) is 0. The normalized spacial score (nSPS) is 12.2. The number of alkyl halides is 1. The molecular weight excluding hydrogens is 180 g/mol. The molecule has 0 saturated heterocycles. The minimum Gasteiger partial charge on any atom is -0.442 e. The molecule has 0 aliphatic carbocycles. The predicted molar refractivity (Wildman–Crippen MR) is 42.5 cm³/mol. The fraction of sp³-hybridized carbons (Fsp3) is 0.286. The highest BCUT2D eigenvalue weighted by Crippen LogP contribution is 2.17. The Bertz CT molecular complexity index is 280. The Balaban J connectivity index is 2.80. The molecule has 0 N–H and O–H groups in total. The van der Waals surface area contributed by atoms with Crippen LogP contribution >= 0.6 is 11.6 Å². The van der Waals surface area contributed by atoms with E-state index in [1.807, 2.05) is 0 Å². The van der Waals surface area contributed by atoms with Gasteiger partial charge in [0.05, 0.1) is 5.69 Å². The quantitative estimate of drug-likeness (QED) is 0.526. The van der Waals surface area contributed by atoms with Gasteiger partial charge in [0.15, 0.2) is 0 Å². The molecule has 1 heterocycles.